The third-order valence-corrected chi connectivity index (χ3v) is 3.21. The van der Waals surface area contributed by atoms with Crippen molar-refractivity contribution in [3.05, 3.63) is 22.2 Å². The van der Waals surface area contributed by atoms with Crippen LogP contribution in [0, 0.1) is 0 Å². The van der Waals surface area contributed by atoms with Gasteiger partial charge < -0.3 is 10.6 Å². The highest BCUT2D eigenvalue weighted by Gasteiger charge is 2.15. The fraction of sp³-hybridized carbons (Fsp3) is 0.455. The second-order valence-corrected chi connectivity index (χ2v) is 4.80. The van der Waals surface area contributed by atoms with Crippen molar-refractivity contribution in [1.29, 1.82) is 0 Å². The topological polar surface area (TPSA) is 29.3 Å². The summed E-state index contributed by atoms with van der Waals surface area (Å²) in [5.41, 5.74) is 9.52. The standard InChI is InChI=1S/C11H15BrN2/c1-14-5-3-2-4-8-6-9(12)7-10(13)11(8)14/h6-7H,2-5,13H2,1H3. The van der Waals surface area contributed by atoms with Gasteiger partial charge in [0.1, 0.15) is 0 Å². The maximum atomic E-state index is 6.03. The van der Waals surface area contributed by atoms with Gasteiger partial charge in [-0.1, -0.05) is 15.9 Å². The molecule has 1 aromatic rings. The van der Waals surface area contributed by atoms with Crippen LogP contribution in [-0.4, -0.2) is 13.6 Å². The molecule has 0 fully saturated rings. The normalized spacial score (nSPS) is 16.3. The zero-order valence-corrected chi connectivity index (χ0v) is 9.97. The minimum absolute atomic E-state index is 0.888. The van der Waals surface area contributed by atoms with E-state index in [0.717, 1.165) is 23.1 Å². The number of anilines is 2. The maximum absolute atomic E-state index is 6.03. The second-order valence-electron chi connectivity index (χ2n) is 3.88. The molecule has 0 radical (unpaired) electrons. The van der Waals surface area contributed by atoms with E-state index in [1.54, 1.807) is 0 Å². The highest BCUT2D eigenvalue weighted by Crippen LogP contribution is 2.33. The molecule has 0 unspecified atom stereocenters. The molecule has 0 saturated carbocycles. The molecule has 0 saturated heterocycles. The number of halogens is 1. The third-order valence-electron chi connectivity index (χ3n) is 2.75. The predicted octanol–water partition coefficient (Wildman–Crippen LogP) is 2.80. The Labute approximate surface area is 93.2 Å². The molecule has 2 rings (SSSR count). The molecular formula is C11H15BrN2. The van der Waals surface area contributed by atoms with Crippen LogP contribution in [0.1, 0.15) is 18.4 Å². The fourth-order valence-corrected chi connectivity index (χ4v) is 2.63. The van der Waals surface area contributed by atoms with Crippen molar-refractivity contribution in [2.24, 2.45) is 0 Å². The number of nitrogens with two attached hydrogens (primary N) is 1. The number of hydrogen-bond acceptors (Lipinski definition) is 2. The monoisotopic (exact) mass is 254 g/mol. The van der Waals surface area contributed by atoms with Gasteiger partial charge in [0.15, 0.2) is 0 Å². The lowest BCUT2D eigenvalue weighted by atomic mass is 10.1. The molecule has 2 N–H and O–H groups in total. The second kappa shape index (κ2) is 3.81. The minimum atomic E-state index is 0.888. The first-order valence-electron chi connectivity index (χ1n) is 4.97. The summed E-state index contributed by atoms with van der Waals surface area (Å²) < 4.78 is 1.09. The molecular weight excluding hydrogens is 240 g/mol. The van der Waals surface area contributed by atoms with Gasteiger partial charge in [-0.2, -0.15) is 0 Å². The first-order valence-corrected chi connectivity index (χ1v) is 5.77. The Morgan fingerprint density at radius 3 is 2.93 bits per heavy atom. The Morgan fingerprint density at radius 2 is 2.14 bits per heavy atom. The number of rotatable bonds is 0. The Balaban J connectivity index is 2.53. The zero-order chi connectivity index (χ0) is 10.1. The molecule has 0 aliphatic carbocycles. The van der Waals surface area contributed by atoms with E-state index in [2.05, 4.69) is 33.9 Å². The van der Waals surface area contributed by atoms with Crippen LogP contribution in [-0.2, 0) is 6.42 Å². The molecule has 0 amide bonds. The quantitative estimate of drug-likeness (QED) is 0.722. The van der Waals surface area contributed by atoms with Gasteiger partial charge in [0.25, 0.3) is 0 Å². The molecule has 1 aliphatic rings. The average molecular weight is 255 g/mol. The Bertz CT molecular complexity index is 349. The minimum Gasteiger partial charge on any atom is -0.397 e. The molecule has 0 spiro atoms. The molecule has 1 aliphatic heterocycles. The van der Waals surface area contributed by atoms with E-state index in [-0.39, 0.29) is 0 Å². The molecule has 1 aromatic carbocycles. The van der Waals surface area contributed by atoms with Crippen LogP contribution in [0.5, 0.6) is 0 Å². The highest BCUT2D eigenvalue weighted by atomic mass is 79.9. The molecule has 0 bridgehead atoms. The molecule has 0 atom stereocenters. The fourth-order valence-electron chi connectivity index (χ4n) is 2.11. The smallest absolute Gasteiger partial charge is 0.0630 e. The Kier molecular flexibility index (Phi) is 2.68. The first-order chi connectivity index (χ1) is 6.68. The number of fused-ring (bicyclic) bond motifs is 1. The van der Waals surface area contributed by atoms with Crippen molar-refractivity contribution < 1.29 is 0 Å². The van der Waals surface area contributed by atoms with Crippen LogP contribution in [0.2, 0.25) is 0 Å². The number of aryl methyl sites for hydroxylation is 1. The average Bonchev–Trinajstić information content (AvgIpc) is 2.27. The molecule has 3 heteroatoms. The van der Waals surface area contributed by atoms with Gasteiger partial charge in [-0.3, -0.25) is 0 Å². The predicted molar refractivity (Wildman–Crippen MR) is 64.8 cm³/mol. The number of benzene rings is 1. The van der Waals surface area contributed by atoms with Crippen molar-refractivity contribution >= 4 is 27.3 Å². The number of nitrogens with zero attached hydrogens (tertiary/aromatic N) is 1. The molecule has 76 valence electrons. The summed E-state index contributed by atoms with van der Waals surface area (Å²) in [6, 6.07) is 4.17. The van der Waals surface area contributed by atoms with Crippen molar-refractivity contribution in [1.82, 2.24) is 0 Å². The van der Waals surface area contributed by atoms with Crippen molar-refractivity contribution in [2.45, 2.75) is 19.3 Å². The van der Waals surface area contributed by atoms with Crippen LogP contribution in [0.3, 0.4) is 0 Å². The van der Waals surface area contributed by atoms with Crippen LogP contribution >= 0.6 is 15.9 Å². The van der Waals surface area contributed by atoms with E-state index in [1.165, 1.54) is 24.1 Å². The third kappa shape index (κ3) is 1.73. The van der Waals surface area contributed by atoms with E-state index in [1.807, 2.05) is 6.07 Å². The summed E-state index contributed by atoms with van der Waals surface area (Å²) in [7, 11) is 2.12. The number of hydrogen-bond donors (Lipinski definition) is 1. The zero-order valence-electron chi connectivity index (χ0n) is 8.39. The summed E-state index contributed by atoms with van der Waals surface area (Å²) in [6.45, 7) is 1.11. The van der Waals surface area contributed by atoms with Crippen LogP contribution in [0.4, 0.5) is 11.4 Å². The molecule has 1 heterocycles. The molecule has 0 aromatic heterocycles. The van der Waals surface area contributed by atoms with Gasteiger partial charge in [0.05, 0.1) is 11.4 Å². The summed E-state index contributed by atoms with van der Waals surface area (Å²) in [5, 5.41) is 0. The van der Waals surface area contributed by atoms with Crippen molar-refractivity contribution in [3.63, 3.8) is 0 Å². The van der Waals surface area contributed by atoms with Gasteiger partial charge in [-0.25, -0.2) is 0 Å². The Hall–Kier alpha value is -0.700. The van der Waals surface area contributed by atoms with E-state index in [4.69, 9.17) is 5.73 Å². The van der Waals surface area contributed by atoms with E-state index in [0.29, 0.717) is 0 Å². The van der Waals surface area contributed by atoms with Crippen molar-refractivity contribution in [3.8, 4) is 0 Å². The lowest BCUT2D eigenvalue weighted by molar-refractivity contribution is 0.750. The van der Waals surface area contributed by atoms with Gasteiger partial charge >= 0.3 is 0 Å². The molecule has 2 nitrogen and oxygen atoms in total. The van der Waals surface area contributed by atoms with Crippen LogP contribution in [0.25, 0.3) is 0 Å². The van der Waals surface area contributed by atoms with Gasteiger partial charge in [0, 0.05) is 18.1 Å². The largest absolute Gasteiger partial charge is 0.397 e. The van der Waals surface area contributed by atoms with Gasteiger partial charge in [-0.05, 0) is 37.0 Å². The Morgan fingerprint density at radius 1 is 1.36 bits per heavy atom. The maximum Gasteiger partial charge on any atom is 0.0630 e. The van der Waals surface area contributed by atoms with E-state index >= 15 is 0 Å². The molecule has 14 heavy (non-hydrogen) atoms. The summed E-state index contributed by atoms with van der Waals surface area (Å²) >= 11 is 3.49. The first kappa shape index (κ1) is 9.84. The highest BCUT2D eigenvalue weighted by molar-refractivity contribution is 9.10. The van der Waals surface area contributed by atoms with E-state index < -0.39 is 0 Å². The van der Waals surface area contributed by atoms with Crippen LogP contribution in [0.15, 0.2) is 16.6 Å². The van der Waals surface area contributed by atoms with Crippen LogP contribution < -0.4 is 10.6 Å². The summed E-state index contributed by atoms with van der Waals surface area (Å²) in [4.78, 5) is 2.27. The van der Waals surface area contributed by atoms with Crippen molar-refractivity contribution in [2.75, 3.05) is 24.2 Å². The SMILES string of the molecule is CN1CCCCc2cc(Br)cc(N)c21. The number of nitrogen functional groups attached to an aromatic ring is 1. The van der Waals surface area contributed by atoms with Gasteiger partial charge in [-0.15, -0.1) is 0 Å². The lowest BCUT2D eigenvalue weighted by Crippen LogP contribution is -2.19. The van der Waals surface area contributed by atoms with E-state index in [9.17, 15) is 0 Å². The van der Waals surface area contributed by atoms with Gasteiger partial charge in [0.2, 0.25) is 0 Å². The lowest BCUT2D eigenvalue weighted by Gasteiger charge is -2.21. The summed E-state index contributed by atoms with van der Waals surface area (Å²) in [6.07, 6.45) is 3.65. The summed E-state index contributed by atoms with van der Waals surface area (Å²) in [5.74, 6) is 0.